The zero-order valence-corrected chi connectivity index (χ0v) is 12.0. The van der Waals surface area contributed by atoms with Crippen molar-refractivity contribution in [3.8, 4) is 0 Å². The Hall–Kier alpha value is -3.28. The van der Waals surface area contributed by atoms with E-state index in [1.165, 1.54) is 11.3 Å². The minimum Gasteiger partial charge on any atom is -0.545 e. The molecule has 1 aromatic heterocycles. The quantitative estimate of drug-likeness (QED) is 0.852. The van der Waals surface area contributed by atoms with E-state index >= 15 is 0 Å². The zero-order valence-electron chi connectivity index (χ0n) is 12.0. The number of nitrogens with one attached hydrogen (secondary N) is 1. The normalized spacial score (nSPS) is 17.1. The molecule has 0 saturated heterocycles. The lowest BCUT2D eigenvalue weighted by Gasteiger charge is -2.22. The molecule has 2 aromatic rings. The number of rotatable bonds is 4. The summed E-state index contributed by atoms with van der Waals surface area (Å²) in [5.74, 6) is -1.38. The van der Waals surface area contributed by atoms with E-state index in [2.05, 4.69) is 5.43 Å². The van der Waals surface area contributed by atoms with Gasteiger partial charge in [0.15, 0.2) is 0 Å². The van der Waals surface area contributed by atoms with Crippen molar-refractivity contribution >= 4 is 17.6 Å². The van der Waals surface area contributed by atoms with Crippen LogP contribution in [0.25, 0.3) is 5.70 Å². The molecule has 0 saturated carbocycles. The van der Waals surface area contributed by atoms with Gasteiger partial charge in [-0.2, -0.15) is 0 Å². The van der Waals surface area contributed by atoms with Crippen LogP contribution in [0.5, 0.6) is 0 Å². The van der Waals surface area contributed by atoms with Crippen molar-refractivity contribution in [2.45, 2.75) is 6.04 Å². The zero-order chi connectivity index (χ0) is 16.2. The number of carboxylic acids is 1. The number of benzene rings is 1. The number of carboxylic acid groups (broad SMARTS) is 1. The number of hydrazine groups is 1. The lowest BCUT2D eigenvalue weighted by molar-refractivity contribution is -0.297. The Morgan fingerprint density at radius 3 is 2.57 bits per heavy atom. The molecule has 1 N–H and O–H groups in total. The number of hydrogen-bond acceptors (Lipinski definition) is 5. The number of amides is 1. The molecule has 116 valence electrons. The summed E-state index contributed by atoms with van der Waals surface area (Å²) >= 11 is 0. The number of carbonyl (C=O) groups is 2. The van der Waals surface area contributed by atoms with Crippen molar-refractivity contribution in [3.05, 3.63) is 78.3 Å². The fourth-order valence-corrected chi connectivity index (χ4v) is 2.33. The Labute approximate surface area is 132 Å². The predicted molar refractivity (Wildman–Crippen MR) is 80.0 cm³/mol. The summed E-state index contributed by atoms with van der Waals surface area (Å²) in [5, 5.41) is 11.8. The minimum absolute atomic E-state index is 0.473. The number of nitrogens with zero attached hydrogens (tertiary/aromatic N) is 1. The molecule has 6 nitrogen and oxygen atoms in total. The second-order valence-corrected chi connectivity index (χ2v) is 4.88. The third-order valence-corrected chi connectivity index (χ3v) is 3.36. The van der Waals surface area contributed by atoms with Gasteiger partial charge in [0.25, 0.3) is 5.91 Å². The maximum absolute atomic E-state index is 12.2. The standard InChI is InChI=1S/C17H14N2O4/c20-16(8-9-17(21)22)19-14(15-7-4-10-23-15)11-13(18-19)12-5-2-1-3-6-12/h1-11,14,18H,(H,21,22)/p-1/t14-/m1/s1. The molecule has 3 rings (SSSR count). The molecular formula is C17H13N2O4-. The van der Waals surface area contributed by atoms with Gasteiger partial charge in [0.1, 0.15) is 11.8 Å². The molecule has 0 bridgehead atoms. The Bertz CT molecular complexity index is 763. The van der Waals surface area contributed by atoms with E-state index in [4.69, 9.17) is 4.42 Å². The van der Waals surface area contributed by atoms with Crippen LogP contribution >= 0.6 is 0 Å². The number of aliphatic carboxylic acids is 1. The maximum Gasteiger partial charge on any atom is 0.265 e. The fourth-order valence-electron chi connectivity index (χ4n) is 2.33. The van der Waals surface area contributed by atoms with E-state index in [9.17, 15) is 14.7 Å². The van der Waals surface area contributed by atoms with E-state index in [1.54, 1.807) is 12.1 Å². The Morgan fingerprint density at radius 2 is 1.91 bits per heavy atom. The number of carbonyl (C=O) groups excluding carboxylic acids is 2. The fraction of sp³-hybridized carbons (Fsp3) is 0.0588. The monoisotopic (exact) mass is 309 g/mol. The summed E-state index contributed by atoms with van der Waals surface area (Å²) in [6.45, 7) is 0. The van der Waals surface area contributed by atoms with Gasteiger partial charge in [0, 0.05) is 6.08 Å². The Morgan fingerprint density at radius 1 is 1.13 bits per heavy atom. The second-order valence-electron chi connectivity index (χ2n) is 4.88. The molecule has 1 aliphatic rings. The molecular weight excluding hydrogens is 296 g/mol. The molecule has 0 unspecified atom stereocenters. The van der Waals surface area contributed by atoms with E-state index in [0.29, 0.717) is 11.8 Å². The summed E-state index contributed by atoms with van der Waals surface area (Å²) in [4.78, 5) is 22.7. The van der Waals surface area contributed by atoms with Crippen LogP contribution in [0.3, 0.4) is 0 Å². The summed E-state index contributed by atoms with van der Waals surface area (Å²) < 4.78 is 5.38. The molecule has 1 aromatic carbocycles. The third kappa shape index (κ3) is 3.16. The first kappa shape index (κ1) is 14.6. The molecule has 0 aliphatic carbocycles. The van der Waals surface area contributed by atoms with Gasteiger partial charge in [-0.25, -0.2) is 5.01 Å². The Balaban J connectivity index is 1.91. The van der Waals surface area contributed by atoms with Gasteiger partial charge in [-0.05, 0) is 29.8 Å². The van der Waals surface area contributed by atoms with Crippen LogP contribution in [0.4, 0.5) is 0 Å². The van der Waals surface area contributed by atoms with E-state index in [-0.39, 0.29) is 0 Å². The van der Waals surface area contributed by atoms with Crippen LogP contribution in [-0.2, 0) is 9.59 Å². The topological polar surface area (TPSA) is 85.6 Å². The van der Waals surface area contributed by atoms with Crippen molar-refractivity contribution in [2.24, 2.45) is 0 Å². The second kappa shape index (κ2) is 6.23. The maximum atomic E-state index is 12.2. The summed E-state index contributed by atoms with van der Waals surface area (Å²) in [6.07, 6.45) is 5.01. The highest BCUT2D eigenvalue weighted by molar-refractivity contribution is 5.94. The Kier molecular flexibility index (Phi) is 3.97. The first-order valence-corrected chi connectivity index (χ1v) is 6.95. The van der Waals surface area contributed by atoms with Gasteiger partial charge in [-0.15, -0.1) is 0 Å². The van der Waals surface area contributed by atoms with Crippen LogP contribution in [0.2, 0.25) is 0 Å². The largest absolute Gasteiger partial charge is 0.545 e. The van der Waals surface area contributed by atoms with E-state index in [1.807, 2.05) is 36.4 Å². The van der Waals surface area contributed by atoms with Crippen molar-refractivity contribution in [1.82, 2.24) is 10.4 Å². The molecule has 0 radical (unpaired) electrons. The van der Waals surface area contributed by atoms with Crippen LogP contribution in [0.1, 0.15) is 17.4 Å². The molecule has 1 atom stereocenters. The minimum atomic E-state index is -1.43. The number of hydrogen-bond donors (Lipinski definition) is 1. The van der Waals surface area contributed by atoms with Crippen molar-refractivity contribution in [2.75, 3.05) is 0 Å². The molecule has 2 heterocycles. The van der Waals surface area contributed by atoms with Gasteiger partial charge in [0.05, 0.1) is 17.9 Å². The third-order valence-electron chi connectivity index (χ3n) is 3.36. The van der Waals surface area contributed by atoms with Gasteiger partial charge in [-0.3, -0.25) is 10.2 Å². The van der Waals surface area contributed by atoms with Crippen LogP contribution in [-0.4, -0.2) is 16.9 Å². The smallest absolute Gasteiger partial charge is 0.265 e. The molecule has 1 aliphatic heterocycles. The van der Waals surface area contributed by atoms with E-state index < -0.39 is 17.9 Å². The summed E-state index contributed by atoms with van der Waals surface area (Å²) in [5.41, 5.74) is 4.63. The highest BCUT2D eigenvalue weighted by Gasteiger charge is 2.31. The van der Waals surface area contributed by atoms with Gasteiger partial charge < -0.3 is 14.3 Å². The lowest BCUT2D eigenvalue weighted by atomic mass is 10.1. The van der Waals surface area contributed by atoms with E-state index in [0.717, 1.165) is 17.3 Å². The molecule has 0 spiro atoms. The lowest BCUT2D eigenvalue weighted by Crippen LogP contribution is -2.38. The molecule has 23 heavy (non-hydrogen) atoms. The first-order chi connectivity index (χ1) is 11.1. The van der Waals surface area contributed by atoms with Gasteiger partial charge >= 0.3 is 0 Å². The van der Waals surface area contributed by atoms with Crippen molar-refractivity contribution in [1.29, 1.82) is 0 Å². The molecule has 1 amide bonds. The van der Waals surface area contributed by atoms with Crippen LogP contribution in [0, 0.1) is 0 Å². The average molecular weight is 309 g/mol. The van der Waals surface area contributed by atoms with Gasteiger partial charge in [0.2, 0.25) is 0 Å². The van der Waals surface area contributed by atoms with Crippen molar-refractivity contribution < 1.29 is 19.1 Å². The summed E-state index contributed by atoms with van der Waals surface area (Å²) in [7, 11) is 0. The average Bonchev–Trinajstić information content (AvgIpc) is 3.22. The predicted octanol–water partition coefficient (Wildman–Crippen LogP) is 1.01. The van der Waals surface area contributed by atoms with Crippen LogP contribution < -0.4 is 10.5 Å². The highest BCUT2D eigenvalue weighted by Crippen LogP contribution is 2.31. The molecule has 0 fully saturated rings. The number of furan rings is 1. The summed E-state index contributed by atoms with van der Waals surface area (Å²) in [6, 6.07) is 12.5. The van der Waals surface area contributed by atoms with Gasteiger partial charge in [-0.1, -0.05) is 30.3 Å². The van der Waals surface area contributed by atoms with Crippen LogP contribution in [0.15, 0.2) is 71.4 Å². The molecule has 6 heteroatoms. The highest BCUT2D eigenvalue weighted by atomic mass is 16.4. The van der Waals surface area contributed by atoms with Crippen molar-refractivity contribution in [3.63, 3.8) is 0 Å². The SMILES string of the molecule is O=C([O-])C=CC(=O)N1NC(c2ccccc2)=C[C@@H]1c1ccco1. The first-order valence-electron chi connectivity index (χ1n) is 6.95.